The lowest BCUT2D eigenvalue weighted by Crippen LogP contribution is -2.28. The average Bonchev–Trinajstić information content (AvgIpc) is 3.34. The van der Waals surface area contributed by atoms with Crippen LogP contribution in [0.15, 0.2) is 81.3 Å². The van der Waals surface area contributed by atoms with Crippen molar-refractivity contribution in [3.05, 3.63) is 88.8 Å². The third-order valence-corrected chi connectivity index (χ3v) is 4.92. The van der Waals surface area contributed by atoms with Crippen LogP contribution in [-0.2, 0) is 7.05 Å². The van der Waals surface area contributed by atoms with Crippen LogP contribution >= 0.6 is 12.2 Å². The molecule has 0 saturated heterocycles. The molecule has 4 aromatic rings. The molecule has 156 valence electrons. The van der Waals surface area contributed by atoms with Gasteiger partial charge in [-0.25, -0.2) is 4.68 Å². The first kappa shape index (κ1) is 20.3. The van der Waals surface area contributed by atoms with Gasteiger partial charge in [-0.2, -0.15) is 5.10 Å². The van der Waals surface area contributed by atoms with E-state index in [2.05, 4.69) is 20.8 Å². The van der Waals surface area contributed by atoms with E-state index in [1.54, 1.807) is 27.8 Å². The minimum atomic E-state index is -0.202. The summed E-state index contributed by atoms with van der Waals surface area (Å²) in [6.45, 7) is 1.85. The first-order chi connectivity index (χ1) is 15.0. The Bertz CT molecular complexity index is 1290. The molecular weight excluding hydrogens is 412 g/mol. The van der Waals surface area contributed by atoms with Gasteiger partial charge >= 0.3 is 0 Å². The van der Waals surface area contributed by atoms with E-state index in [-0.39, 0.29) is 10.7 Å². The van der Waals surface area contributed by atoms with Crippen molar-refractivity contribution >= 4 is 29.2 Å². The van der Waals surface area contributed by atoms with E-state index in [1.165, 1.54) is 6.21 Å². The van der Waals surface area contributed by atoms with Gasteiger partial charge in [-0.05, 0) is 55.5 Å². The maximum absolute atomic E-state index is 12.9. The molecular formula is C22H20N6O2S. The van der Waals surface area contributed by atoms with Crippen LogP contribution in [0, 0.1) is 6.92 Å². The fraction of sp³-hybridized carbons (Fsp3) is 0.0909. The molecule has 0 bridgehead atoms. The predicted octanol–water partition coefficient (Wildman–Crippen LogP) is 3.46. The largest absolute Gasteiger partial charge is 0.455 e. The summed E-state index contributed by atoms with van der Waals surface area (Å²) in [6, 6.07) is 16.8. The second kappa shape index (κ2) is 8.80. The number of aromatic nitrogens is 3. The third kappa shape index (κ3) is 4.31. The number of hydrogen-bond acceptors (Lipinski definition) is 5. The van der Waals surface area contributed by atoms with Gasteiger partial charge in [-0.15, -0.1) is 0 Å². The van der Waals surface area contributed by atoms with Crippen LogP contribution < -0.4 is 16.3 Å². The first-order valence-electron chi connectivity index (χ1n) is 9.49. The summed E-state index contributed by atoms with van der Waals surface area (Å²) in [5.41, 5.74) is 5.28. The number of nitrogens with one attached hydrogen (secondary N) is 2. The van der Waals surface area contributed by atoms with Crippen LogP contribution in [0.2, 0.25) is 0 Å². The van der Waals surface area contributed by atoms with Crippen molar-refractivity contribution in [2.45, 2.75) is 6.92 Å². The summed E-state index contributed by atoms with van der Waals surface area (Å²) in [5.74, 6) is 1.24. The minimum Gasteiger partial charge on any atom is -0.455 e. The Morgan fingerprint density at radius 3 is 2.71 bits per heavy atom. The molecule has 8 nitrogen and oxygen atoms in total. The number of para-hydroxylation sites is 1. The van der Waals surface area contributed by atoms with Crippen molar-refractivity contribution in [1.82, 2.24) is 19.8 Å². The van der Waals surface area contributed by atoms with Crippen LogP contribution in [0.25, 0.3) is 17.0 Å². The Morgan fingerprint density at radius 1 is 1.16 bits per heavy atom. The molecule has 4 rings (SSSR count). The Kier molecular flexibility index (Phi) is 5.76. The Hall–Kier alpha value is -3.98. The highest BCUT2D eigenvalue weighted by atomic mass is 32.1. The van der Waals surface area contributed by atoms with Crippen molar-refractivity contribution in [3.8, 4) is 17.0 Å². The monoisotopic (exact) mass is 432 g/mol. The molecule has 0 fully saturated rings. The van der Waals surface area contributed by atoms with E-state index in [0.717, 1.165) is 16.9 Å². The van der Waals surface area contributed by atoms with Gasteiger partial charge in [0, 0.05) is 25.0 Å². The highest BCUT2D eigenvalue weighted by molar-refractivity contribution is 7.80. The Morgan fingerprint density at radius 2 is 1.97 bits per heavy atom. The molecule has 3 heterocycles. The maximum Gasteiger partial charge on any atom is 0.295 e. The molecule has 0 aliphatic heterocycles. The number of hydrazone groups is 1. The zero-order valence-electron chi connectivity index (χ0n) is 16.9. The van der Waals surface area contributed by atoms with Crippen molar-refractivity contribution in [2.24, 2.45) is 12.1 Å². The van der Waals surface area contributed by atoms with Crippen molar-refractivity contribution in [3.63, 3.8) is 0 Å². The maximum atomic E-state index is 12.9. The summed E-state index contributed by atoms with van der Waals surface area (Å²) in [4.78, 5) is 17.0. The molecule has 0 amide bonds. The van der Waals surface area contributed by atoms with Crippen LogP contribution in [0.3, 0.4) is 0 Å². The van der Waals surface area contributed by atoms with E-state index in [4.69, 9.17) is 16.6 Å². The highest BCUT2D eigenvalue weighted by Gasteiger charge is 2.16. The summed E-state index contributed by atoms with van der Waals surface area (Å²) < 4.78 is 9.07. The number of benzene rings is 1. The van der Waals surface area contributed by atoms with Crippen LogP contribution in [0.5, 0.6) is 0 Å². The summed E-state index contributed by atoms with van der Waals surface area (Å²) in [6.07, 6.45) is 4.94. The lowest BCUT2D eigenvalue weighted by atomic mass is 10.2. The number of furan rings is 1. The molecule has 3 aromatic heterocycles. The Balaban J connectivity index is 1.44. The van der Waals surface area contributed by atoms with E-state index >= 15 is 0 Å². The summed E-state index contributed by atoms with van der Waals surface area (Å²) >= 11 is 5.29. The number of hydrogen-bond donors (Lipinski definition) is 2. The highest BCUT2D eigenvalue weighted by Crippen LogP contribution is 2.20. The van der Waals surface area contributed by atoms with Gasteiger partial charge in [0.2, 0.25) is 0 Å². The van der Waals surface area contributed by atoms with Crippen LogP contribution in [0.1, 0.15) is 11.5 Å². The standard InChI is InChI=1S/C22H20N6O2S/c1-15-20(21(29)28(27(15)2)17-8-4-3-5-9-17)25-22(31)26-24-14-18-10-11-19(30-18)16-7-6-12-23-13-16/h3-14H,1-2H3,(H2,25,26,31)/b24-14+. The van der Waals surface area contributed by atoms with Gasteiger partial charge in [0.25, 0.3) is 5.56 Å². The predicted molar refractivity (Wildman–Crippen MR) is 125 cm³/mol. The van der Waals surface area contributed by atoms with Gasteiger partial charge in [0.05, 0.1) is 17.6 Å². The van der Waals surface area contributed by atoms with Crippen LogP contribution in [-0.4, -0.2) is 25.7 Å². The molecule has 0 atom stereocenters. The molecule has 0 aliphatic rings. The molecule has 1 aromatic carbocycles. The number of pyridine rings is 1. The topological polar surface area (TPSA) is 89.4 Å². The average molecular weight is 433 g/mol. The number of rotatable bonds is 5. The van der Waals surface area contributed by atoms with E-state index < -0.39 is 0 Å². The van der Waals surface area contributed by atoms with Crippen molar-refractivity contribution < 1.29 is 4.42 Å². The van der Waals surface area contributed by atoms with E-state index in [1.807, 2.05) is 62.5 Å². The molecule has 0 saturated carbocycles. The van der Waals surface area contributed by atoms with Gasteiger partial charge in [-0.3, -0.25) is 19.9 Å². The lowest BCUT2D eigenvalue weighted by Gasteiger charge is -2.07. The Labute approximate surface area is 183 Å². The fourth-order valence-corrected chi connectivity index (χ4v) is 3.25. The van der Waals surface area contributed by atoms with Crippen molar-refractivity contribution in [2.75, 3.05) is 5.32 Å². The summed E-state index contributed by atoms with van der Waals surface area (Å²) in [5, 5.41) is 7.22. The normalized spacial score (nSPS) is 11.0. The number of thiocarbonyl (C=S) groups is 1. The first-order valence-corrected chi connectivity index (χ1v) is 9.90. The summed E-state index contributed by atoms with van der Waals surface area (Å²) in [7, 11) is 1.82. The lowest BCUT2D eigenvalue weighted by molar-refractivity contribution is 0.574. The molecule has 0 radical (unpaired) electrons. The smallest absolute Gasteiger partial charge is 0.295 e. The second-order valence-electron chi connectivity index (χ2n) is 6.70. The molecule has 0 aliphatic carbocycles. The zero-order chi connectivity index (χ0) is 21.8. The quantitative estimate of drug-likeness (QED) is 0.285. The fourth-order valence-electron chi connectivity index (χ4n) is 3.09. The molecule has 2 N–H and O–H groups in total. The number of anilines is 1. The van der Waals surface area contributed by atoms with Gasteiger partial charge in [0.1, 0.15) is 17.2 Å². The van der Waals surface area contributed by atoms with Gasteiger partial charge < -0.3 is 9.73 Å². The zero-order valence-corrected chi connectivity index (χ0v) is 17.8. The van der Waals surface area contributed by atoms with E-state index in [0.29, 0.717) is 17.2 Å². The molecule has 0 spiro atoms. The number of nitrogens with zero attached hydrogens (tertiary/aromatic N) is 4. The minimum absolute atomic E-state index is 0.196. The molecule has 9 heteroatoms. The van der Waals surface area contributed by atoms with Crippen molar-refractivity contribution in [1.29, 1.82) is 0 Å². The second-order valence-corrected chi connectivity index (χ2v) is 7.11. The van der Waals surface area contributed by atoms with E-state index in [9.17, 15) is 4.79 Å². The SMILES string of the molecule is Cc1c(NC(=S)N/N=C/c2ccc(-c3cccnc3)o2)c(=O)n(-c2ccccc2)n1C. The molecule has 31 heavy (non-hydrogen) atoms. The van der Waals surface area contributed by atoms with Crippen LogP contribution in [0.4, 0.5) is 5.69 Å². The third-order valence-electron chi connectivity index (χ3n) is 4.72. The molecule has 0 unspecified atom stereocenters. The van der Waals surface area contributed by atoms with Gasteiger partial charge in [-0.1, -0.05) is 18.2 Å². The van der Waals surface area contributed by atoms with Gasteiger partial charge in [0.15, 0.2) is 5.11 Å².